The molecule has 1 heterocycles. The van der Waals surface area contributed by atoms with Crippen molar-refractivity contribution in [1.82, 2.24) is 5.32 Å². The molecular formula is C60H117NO11S. The molecular weight excluding hydrogens is 943 g/mol. The minimum Gasteiger partial charge on any atom is -0.394 e. The van der Waals surface area contributed by atoms with Crippen LogP contribution in [0.4, 0.5) is 0 Å². The Morgan fingerprint density at radius 1 is 0.534 bits per heavy atom. The molecule has 434 valence electrons. The molecule has 1 aliphatic heterocycles. The van der Waals surface area contributed by atoms with Gasteiger partial charge in [0.1, 0.15) is 24.4 Å². The maximum Gasteiger partial charge on any atom is 0.397 e. The zero-order chi connectivity index (χ0) is 53.3. The van der Waals surface area contributed by atoms with Crippen molar-refractivity contribution in [3.05, 3.63) is 12.2 Å². The molecule has 1 rings (SSSR count). The third-order valence-electron chi connectivity index (χ3n) is 15.1. The predicted molar refractivity (Wildman–Crippen MR) is 301 cm³/mol. The van der Waals surface area contributed by atoms with Gasteiger partial charge in [0.2, 0.25) is 5.91 Å². The van der Waals surface area contributed by atoms with Crippen molar-refractivity contribution in [1.29, 1.82) is 0 Å². The van der Waals surface area contributed by atoms with Crippen LogP contribution in [0.1, 0.15) is 309 Å². The molecule has 0 aromatic carbocycles. The maximum atomic E-state index is 13.2. The van der Waals surface area contributed by atoms with E-state index in [1.807, 2.05) is 6.08 Å². The van der Waals surface area contributed by atoms with Crippen LogP contribution < -0.4 is 5.32 Å². The van der Waals surface area contributed by atoms with E-state index in [0.29, 0.717) is 6.42 Å². The number of unbranched alkanes of at least 4 members (excludes halogenated alkanes) is 43. The van der Waals surface area contributed by atoms with E-state index >= 15 is 0 Å². The summed E-state index contributed by atoms with van der Waals surface area (Å²) in [6.07, 6.45) is 52.6. The normalized spacial score (nSPS) is 19.2. The molecule has 0 radical (unpaired) electrons. The average Bonchev–Trinajstić information content (AvgIpc) is 3.37. The van der Waals surface area contributed by atoms with Crippen molar-refractivity contribution in [3.8, 4) is 0 Å². The summed E-state index contributed by atoms with van der Waals surface area (Å²) in [7, 11) is -5.09. The van der Waals surface area contributed by atoms with Gasteiger partial charge in [0.15, 0.2) is 6.29 Å². The summed E-state index contributed by atoms with van der Waals surface area (Å²) < 4.78 is 47.9. The first-order valence-corrected chi connectivity index (χ1v) is 32.4. The van der Waals surface area contributed by atoms with Crippen LogP contribution in [0, 0.1) is 0 Å². The van der Waals surface area contributed by atoms with Crippen molar-refractivity contribution < 1.29 is 51.8 Å². The zero-order valence-electron chi connectivity index (χ0n) is 47.2. The lowest BCUT2D eigenvalue weighted by Crippen LogP contribution is -2.61. The highest BCUT2D eigenvalue weighted by molar-refractivity contribution is 7.80. The molecule has 0 saturated carbocycles. The molecule has 1 fully saturated rings. The molecule has 7 unspecified atom stereocenters. The summed E-state index contributed by atoms with van der Waals surface area (Å²) in [5.74, 6) is -0.254. The fraction of sp³-hybridized carbons (Fsp3) is 0.950. The van der Waals surface area contributed by atoms with Gasteiger partial charge in [-0.15, -0.1) is 0 Å². The molecule has 0 aliphatic carbocycles. The Balaban J connectivity index is 2.33. The van der Waals surface area contributed by atoms with Gasteiger partial charge in [-0.2, -0.15) is 8.42 Å². The monoisotopic (exact) mass is 1060 g/mol. The lowest BCUT2D eigenvalue weighted by Gasteiger charge is -2.41. The minimum atomic E-state index is -5.09. The maximum absolute atomic E-state index is 13.2. The summed E-state index contributed by atoms with van der Waals surface area (Å²) in [6, 6.07) is -0.941. The van der Waals surface area contributed by atoms with Gasteiger partial charge in [-0.05, 0) is 19.3 Å². The quantitative estimate of drug-likeness (QED) is 0.0193. The van der Waals surface area contributed by atoms with Gasteiger partial charge in [-0.1, -0.05) is 296 Å². The molecule has 1 amide bonds. The number of ether oxygens (including phenoxy) is 2. The Bertz CT molecular complexity index is 1340. The van der Waals surface area contributed by atoms with Gasteiger partial charge >= 0.3 is 10.4 Å². The lowest BCUT2D eigenvalue weighted by molar-refractivity contribution is -0.298. The number of aliphatic hydroxyl groups excluding tert-OH is 4. The molecule has 73 heavy (non-hydrogen) atoms. The predicted octanol–water partition coefficient (Wildman–Crippen LogP) is 15.0. The van der Waals surface area contributed by atoms with Crippen LogP contribution in [0.2, 0.25) is 0 Å². The molecule has 1 saturated heterocycles. The summed E-state index contributed by atoms with van der Waals surface area (Å²) >= 11 is 0. The number of carbonyl (C=O) groups is 1. The average molecular weight is 1060 g/mol. The molecule has 6 N–H and O–H groups in total. The van der Waals surface area contributed by atoms with E-state index in [1.165, 1.54) is 244 Å². The second-order valence-electron chi connectivity index (χ2n) is 22.0. The van der Waals surface area contributed by atoms with Crippen LogP contribution in [0.25, 0.3) is 0 Å². The van der Waals surface area contributed by atoms with E-state index in [4.69, 9.17) is 9.47 Å². The number of amides is 1. The summed E-state index contributed by atoms with van der Waals surface area (Å²) in [5, 5.41) is 45.1. The third-order valence-corrected chi connectivity index (χ3v) is 15.5. The van der Waals surface area contributed by atoms with Crippen molar-refractivity contribution in [3.63, 3.8) is 0 Å². The largest absolute Gasteiger partial charge is 0.397 e. The van der Waals surface area contributed by atoms with E-state index in [0.717, 1.165) is 38.5 Å². The third kappa shape index (κ3) is 42.5. The van der Waals surface area contributed by atoms with Crippen molar-refractivity contribution >= 4 is 16.3 Å². The number of hydrogen-bond donors (Lipinski definition) is 6. The van der Waals surface area contributed by atoms with Crippen molar-refractivity contribution in [2.75, 3.05) is 13.2 Å². The molecule has 0 spiro atoms. The molecule has 0 aromatic rings. The molecule has 0 aromatic heterocycles. The van der Waals surface area contributed by atoms with Crippen LogP contribution in [0.15, 0.2) is 12.2 Å². The summed E-state index contributed by atoms with van der Waals surface area (Å²) in [6.45, 7) is 3.45. The van der Waals surface area contributed by atoms with Gasteiger partial charge in [-0.25, -0.2) is 4.18 Å². The smallest absolute Gasteiger partial charge is 0.394 e. The minimum absolute atomic E-state index is 0.254. The first kappa shape index (κ1) is 69.9. The Labute approximate surface area is 449 Å². The van der Waals surface area contributed by atoms with E-state index in [9.17, 15) is 38.2 Å². The molecule has 0 bridgehead atoms. The van der Waals surface area contributed by atoms with Crippen LogP contribution >= 0.6 is 0 Å². The van der Waals surface area contributed by atoms with E-state index < -0.39 is 59.9 Å². The van der Waals surface area contributed by atoms with Gasteiger partial charge in [0, 0.05) is 6.42 Å². The number of aliphatic hydroxyl groups is 4. The topological polar surface area (TPSA) is 192 Å². The Morgan fingerprint density at radius 2 is 0.863 bits per heavy atom. The number of allylic oxidation sites excluding steroid dienone is 1. The van der Waals surface area contributed by atoms with Crippen LogP contribution in [0.3, 0.4) is 0 Å². The summed E-state index contributed by atoms with van der Waals surface area (Å²) in [5.41, 5.74) is 0. The lowest BCUT2D eigenvalue weighted by atomic mass is 9.99. The number of carbonyl (C=O) groups excluding carboxylic acids is 1. The fourth-order valence-corrected chi connectivity index (χ4v) is 10.8. The highest BCUT2D eigenvalue weighted by atomic mass is 32.3. The number of nitrogens with one attached hydrogen (secondary N) is 1. The van der Waals surface area contributed by atoms with Crippen molar-refractivity contribution in [2.45, 2.75) is 352 Å². The van der Waals surface area contributed by atoms with Crippen molar-refractivity contribution in [2.24, 2.45) is 0 Å². The Kier molecular flexibility index (Phi) is 48.2. The second-order valence-corrected chi connectivity index (χ2v) is 23.1. The van der Waals surface area contributed by atoms with Crippen LogP contribution in [-0.2, 0) is 28.9 Å². The Morgan fingerprint density at radius 3 is 1.19 bits per heavy atom. The zero-order valence-corrected chi connectivity index (χ0v) is 48.0. The van der Waals surface area contributed by atoms with Gasteiger partial charge in [0.05, 0.1) is 25.4 Å². The first-order chi connectivity index (χ1) is 35.5. The van der Waals surface area contributed by atoms with Crippen LogP contribution in [-0.4, -0.2) is 95.4 Å². The highest BCUT2D eigenvalue weighted by Crippen LogP contribution is 2.26. The van der Waals surface area contributed by atoms with Crippen LogP contribution in [0.5, 0.6) is 0 Å². The van der Waals surface area contributed by atoms with E-state index in [1.54, 1.807) is 6.08 Å². The first-order valence-electron chi connectivity index (χ1n) is 31.1. The standard InChI is InChI=1S/C60H117NO11S/c1-3-5-7-9-11-13-15-17-19-21-23-25-27-29-31-33-35-37-39-41-43-45-47-49-54(63)53(52-70-60-58(66)59(72-73(67,68)69)57(65)55(51-62)71-60)61-56(64)50-48-46-44-42-40-38-36-34-32-30-28-26-24-22-20-18-16-14-12-10-8-6-4-2/h47,49,53-55,57-60,62-63,65-66H,3-46,48,50-52H2,1-2H3,(H,61,64)(H,67,68,69)/b49-47+. The SMILES string of the molecule is CCCCCCCCCCCCCCCCCCCCCCC/C=C/C(O)C(COC1OC(CO)C(O)C(OS(=O)(=O)O)C1O)NC(=O)CCCCCCCCCCCCCCCCCCCCCCCCC. The number of rotatable bonds is 55. The Hall–Kier alpha value is -1.16. The fourth-order valence-electron chi connectivity index (χ4n) is 10.3. The van der Waals surface area contributed by atoms with E-state index in [2.05, 4.69) is 23.3 Å². The van der Waals surface area contributed by atoms with Gasteiger partial charge < -0.3 is 35.2 Å². The molecule has 12 nitrogen and oxygen atoms in total. The molecule has 13 heteroatoms. The summed E-state index contributed by atoms with van der Waals surface area (Å²) in [4.78, 5) is 13.2. The molecule has 1 aliphatic rings. The highest BCUT2D eigenvalue weighted by Gasteiger charge is 2.48. The molecule has 7 atom stereocenters. The number of hydrogen-bond acceptors (Lipinski definition) is 10. The van der Waals surface area contributed by atoms with Gasteiger partial charge in [0.25, 0.3) is 0 Å². The van der Waals surface area contributed by atoms with E-state index in [-0.39, 0.29) is 18.9 Å². The van der Waals surface area contributed by atoms with Gasteiger partial charge in [-0.3, -0.25) is 9.35 Å². The second kappa shape index (κ2) is 50.4.